The summed E-state index contributed by atoms with van der Waals surface area (Å²) in [4.78, 5) is 39.4. The van der Waals surface area contributed by atoms with Crippen LogP contribution >= 0.6 is 11.6 Å². The molecule has 6 nitrogen and oxygen atoms in total. The number of ether oxygens (including phenoxy) is 2. The predicted octanol–water partition coefficient (Wildman–Crippen LogP) is 6.50. The molecule has 4 aromatic carbocycles. The van der Waals surface area contributed by atoms with Crippen molar-refractivity contribution in [2.75, 3.05) is 18.1 Å². The largest absolute Gasteiger partial charge is 0.489 e. The maximum atomic E-state index is 14.0. The second-order valence-corrected chi connectivity index (χ2v) is 9.77. The zero-order valence-electron chi connectivity index (χ0n) is 21.4. The molecule has 0 aliphatic carbocycles. The second kappa shape index (κ2) is 12.1. The molecule has 1 fully saturated rings. The third-order valence-corrected chi connectivity index (χ3v) is 7.07. The maximum Gasteiger partial charge on any atom is 0.311 e. The molecule has 1 atom stereocenters. The smallest absolute Gasteiger partial charge is 0.311 e. The van der Waals surface area contributed by atoms with Gasteiger partial charge in [0, 0.05) is 29.8 Å². The van der Waals surface area contributed by atoms with Crippen LogP contribution in [0.4, 0.5) is 10.1 Å². The zero-order valence-corrected chi connectivity index (χ0v) is 22.1. The van der Waals surface area contributed by atoms with Crippen molar-refractivity contribution in [1.82, 2.24) is 0 Å². The topological polar surface area (TPSA) is 72.9 Å². The molecular weight excluding hydrogens is 533 g/mol. The van der Waals surface area contributed by atoms with Crippen molar-refractivity contribution in [1.29, 1.82) is 0 Å². The van der Waals surface area contributed by atoms with Crippen LogP contribution in [-0.4, -0.2) is 30.8 Å². The number of hydrogen-bond donors (Lipinski definition) is 0. The number of ketones is 1. The van der Waals surface area contributed by atoms with Crippen LogP contribution in [0.15, 0.2) is 97.1 Å². The van der Waals surface area contributed by atoms with Crippen molar-refractivity contribution >= 4 is 34.9 Å². The summed E-state index contributed by atoms with van der Waals surface area (Å²) in [6.45, 7) is -0.299. The Kier molecular flexibility index (Phi) is 8.22. The van der Waals surface area contributed by atoms with E-state index in [1.807, 2.05) is 42.5 Å². The van der Waals surface area contributed by atoms with E-state index in [1.54, 1.807) is 42.5 Å². The molecule has 0 bridgehead atoms. The summed E-state index contributed by atoms with van der Waals surface area (Å²) < 4.78 is 24.9. The molecule has 1 aliphatic rings. The summed E-state index contributed by atoms with van der Waals surface area (Å²) in [5, 5.41) is 0.278. The van der Waals surface area contributed by atoms with Gasteiger partial charge in [-0.2, -0.15) is 0 Å². The van der Waals surface area contributed by atoms with Crippen molar-refractivity contribution in [2.45, 2.75) is 13.0 Å². The van der Waals surface area contributed by atoms with Crippen LogP contribution in [-0.2, 0) is 20.9 Å². The number of rotatable bonds is 9. The van der Waals surface area contributed by atoms with Crippen LogP contribution in [0.1, 0.15) is 22.3 Å². The quantitative estimate of drug-likeness (QED) is 0.173. The Balaban J connectivity index is 1.13. The highest BCUT2D eigenvalue weighted by Crippen LogP contribution is 2.29. The highest BCUT2D eigenvalue weighted by molar-refractivity contribution is 6.31. The number of carbonyl (C=O) groups excluding carboxylic acids is 3. The van der Waals surface area contributed by atoms with Crippen LogP contribution in [0, 0.1) is 11.7 Å². The van der Waals surface area contributed by atoms with E-state index < -0.39 is 24.3 Å². The van der Waals surface area contributed by atoms with Gasteiger partial charge in [-0.05, 0) is 47.5 Å². The molecule has 1 aliphatic heterocycles. The Morgan fingerprint density at radius 3 is 2.27 bits per heavy atom. The van der Waals surface area contributed by atoms with E-state index in [9.17, 15) is 18.8 Å². The van der Waals surface area contributed by atoms with E-state index in [0.717, 1.165) is 11.1 Å². The van der Waals surface area contributed by atoms with Gasteiger partial charge in [-0.25, -0.2) is 4.39 Å². The van der Waals surface area contributed by atoms with Gasteiger partial charge in [0.25, 0.3) is 0 Å². The molecule has 0 spiro atoms. The molecule has 8 heteroatoms. The van der Waals surface area contributed by atoms with Crippen molar-refractivity contribution in [3.63, 3.8) is 0 Å². The number of benzene rings is 4. The molecule has 0 N–H and O–H groups in total. The summed E-state index contributed by atoms with van der Waals surface area (Å²) in [5.41, 5.74) is 3.31. The molecule has 1 saturated heterocycles. The minimum atomic E-state index is -0.681. The standard InChI is InChI=1S/C32H25ClFNO5/c33-28-7-4-8-29(34)27(28)19-39-26-15-13-25(14-16-26)35-18-24(17-31(35)37)32(38)40-20-30(36)23-11-9-22(10-12-23)21-5-2-1-3-6-21/h1-16,24H,17-20H2/t24-/m0/s1. The fraction of sp³-hybridized carbons (Fsp3) is 0.156. The van der Waals surface area contributed by atoms with Crippen molar-refractivity contribution in [3.05, 3.63) is 119 Å². The number of esters is 1. The van der Waals surface area contributed by atoms with Gasteiger partial charge in [0.15, 0.2) is 12.4 Å². The first-order valence-electron chi connectivity index (χ1n) is 12.7. The lowest BCUT2D eigenvalue weighted by Crippen LogP contribution is -2.27. The summed E-state index contributed by atoms with van der Waals surface area (Å²) in [6, 6.07) is 28.0. The van der Waals surface area contributed by atoms with Crippen LogP contribution in [0.2, 0.25) is 5.02 Å². The summed E-state index contributed by atoms with van der Waals surface area (Å²) in [6.07, 6.45) is -0.0111. The summed E-state index contributed by atoms with van der Waals surface area (Å²) in [5.74, 6) is -1.79. The van der Waals surface area contributed by atoms with Gasteiger partial charge in [0.05, 0.1) is 10.9 Å². The van der Waals surface area contributed by atoms with Crippen LogP contribution < -0.4 is 9.64 Å². The lowest BCUT2D eigenvalue weighted by Gasteiger charge is -2.17. The zero-order chi connectivity index (χ0) is 28.1. The molecular formula is C32H25ClFNO5. The average Bonchev–Trinajstić information content (AvgIpc) is 3.38. The first-order chi connectivity index (χ1) is 19.4. The molecule has 0 aromatic heterocycles. The molecule has 0 saturated carbocycles. The normalized spacial score (nSPS) is 14.7. The minimum absolute atomic E-state index is 0.0111. The fourth-order valence-corrected chi connectivity index (χ4v) is 4.70. The van der Waals surface area contributed by atoms with Crippen LogP contribution in [0.25, 0.3) is 11.1 Å². The number of hydrogen-bond acceptors (Lipinski definition) is 5. The third kappa shape index (κ3) is 6.21. The lowest BCUT2D eigenvalue weighted by molar-refractivity contribution is -0.147. The number of Topliss-reactive ketones (excluding diaryl/α,β-unsaturated/α-hetero) is 1. The van der Waals surface area contributed by atoms with Crippen LogP contribution in [0.5, 0.6) is 5.75 Å². The van der Waals surface area contributed by atoms with Gasteiger partial charge in [-0.3, -0.25) is 14.4 Å². The first kappa shape index (κ1) is 27.1. The van der Waals surface area contributed by atoms with E-state index in [2.05, 4.69) is 0 Å². The average molecular weight is 558 g/mol. The third-order valence-electron chi connectivity index (χ3n) is 6.71. The Bertz CT molecular complexity index is 1500. The maximum absolute atomic E-state index is 14.0. The van der Waals surface area contributed by atoms with Gasteiger partial charge in [-0.15, -0.1) is 0 Å². The lowest BCUT2D eigenvalue weighted by atomic mass is 10.0. The van der Waals surface area contributed by atoms with Crippen molar-refractivity contribution in [2.24, 2.45) is 5.92 Å². The SMILES string of the molecule is O=C(COC(=O)[C@H]1CC(=O)N(c2ccc(OCc3c(F)cccc3Cl)cc2)C1)c1ccc(-c2ccccc2)cc1. The summed E-state index contributed by atoms with van der Waals surface area (Å²) >= 11 is 6.04. The molecule has 1 heterocycles. The van der Waals surface area contributed by atoms with Gasteiger partial charge in [-0.1, -0.05) is 72.3 Å². The Labute approximate surface area is 235 Å². The highest BCUT2D eigenvalue weighted by atomic mass is 35.5. The summed E-state index contributed by atoms with van der Waals surface area (Å²) in [7, 11) is 0. The minimum Gasteiger partial charge on any atom is -0.489 e. The monoisotopic (exact) mass is 557 g/mol. The Hall–Kier alpha value is -4.49. The van der Waals surface area contributed by atoms with Gasteiger partial charge in [0.2, 0.25) is 5.91 Å². The predicted molar refractivity (Wildman–Crippen MR) is 150 cm³/mol. The number of nitrogens with zero attached hydrogens (tertiary/aromatic N) is 1. The molecule has 0 radical (unpaired) electrons. The van der Waals surface area contributed by atoms with E-state index in [0.29, 0.717) is 17.0 Å². The van der Waals surface area contributed by atoms with Crippen molar-refractivity contribution in [3.8, 4) is 16.9 Å². The number of carbonyl (C=O) groups is 3. The fourth-order valence-electron chi connectivity index (χ4n) is 4.48. The highest BCUT2D eigenvalue weighted by Gasteiger charge is 2.36. The van der Waals surface area contributed by atoms with Crippen LogP contribution in [0.3, 0.4) is 0 Å². The number of amides is 1. The Morgan fingerprint density at radius 1 is 0.875 bits per heavy atom. The van der Waals surface area contributed by atoms with E-state index in [4.69, 9.17) is 21.1 Å². The van der Waals surface area contributed by atoms with Crippen molar-refractivity contribution < 1.29 is 28.2 Å². The Morgan fingerprint density at radius 2 is 1.57 bits per heavy atom. The molecule has 40 heavy (non-hydrogen) atoms. The molecule has 202 valence electrons. The molecule has 0 unspecified atom stereocenters. The first-order valence-corrected chi connectivity index (χ1v) is 13.1. The van der Waals surface area contributed by atoms with Gasteiger partial charge >= 0.3 is 5.97 Å². The second-order valence-electron chi connectivity index (χ2n) is 9.36. The van der Waals surface area contributed by atoms with Gasteiger partial charge in [0.1, 0.15) is 18.2 Å². The molecule has 1 amide bonds. The molecule has 4 aromatic rings. The van der Waals surface area contributed by atoms with E-state index in [1.165, 1.54) is 17.0 Å². The number of halogens is 2. The number of anilines is 1. The van der Waals surface area contributed by atoms with Gasteiger partial charge < -0.3 is 14.4 Å². The van der Waals surface area contributed by atoms with E-state index in [-0.39, 0.29) is 41.8 Å². The van der Waals surface area contributed by atoms with E-state index >= 15 is 0 Å². The molecule has 5 rings (SSSR count).